The number of carbonyl (C=O) groups is 1. The number of carbonyl (C=O) groups excluding carboxylic acids is 1. The monoisotopic (exact) mass is 261 g/mol. The quantitative estimate of drug-likeness (QED) is 0.883. The second kappa shape index (κ2) is 5.85. The summed E-state index contributed by atoms with van der Waals surface area (Å²) in [6, 6.07) is 9.42. The van der Waals surface area contributed by atoms with Crippen molar-refractivity contribution in [1.82, 2.24) is 4.90 Å². The first-order valence-electron chi connectivity index (χ1n) is 7.01. The third kappa shape index (κ3) is 2.88. The normalized spacial score (nSPS) is 19.6. The fraction of sp³-hybridized carbons (Fsp3) is 0.562. The molecular formula is C16H23NO2. The van der Waals surface area contributed by atoms with E-state index in [2.05, 4.69) is 0 Å². The molecule has 1 fully saturated rings. The van der Waals surface area contributed by atoms with Crippen LogP contribution in [0, 0.1) is 5.92 Å². The van der Waals surface area contributed by atoms with E-state index in [9.17, 15) is 9.90 Å². The first-order valence-corrected chi connectivity index (χ1v) is 7.01. The van der Waals surface area contributed by atoms with Gasteiger partial charge in [0.2, 0.25) is 0 Å². The molecule has 1 aliphatic carbocycles. The van der Waals surface area contributed by atoms with Gasteiger partial charge in [0.15, 0.2) is 11.4 Å². The highest BCUT2D eigenvalue weighted by Gasteiger charge is 2.45. The van der Waals surface area contributed by atoms with Gasteiger partial charge in [-0.05, 0) is 38.4 Å². The Hall–Kier alpha value is -1.19. The van der Waals surface area contributed by atoms with E-state index in [1.54, 1.807) is 0 Å². The van der Waals surface area contributed by atoms with Crippen molar-refractivity contribution < 1.29 is 9.90 Å². The summed E-state index contributed by atoms with van der Waals surface area (Å²) in [4.78, 5) is 14.4. The van der Waals surface area contributed by atoms with Crippen molar-refractivity contribution in [3.8, 4) is 0 Å². The van der Waals surface area contributed by atoms with Crippen LogP contribution in [-0.4, -0.2) is 36.4 Å². The molecule has 3 heteroatoms. The summed E-state index contributed by atoms with van der Waals surface area (Å²) in [7, 11) is 3.72. The number of aliphatic hydroxyl groups is 1. The molecular weight excluding hydrogens is 238 g/mol. The van der Waals surface area contributed by atoms with Crippen molar-refractivity contribution in [2.45, 2.75) is 31.3 Å². The maximum atomic E-state index is 12.6. The first-order chi connectivity index (χ1) is 9.05. The fourth-order valence-corrected chi connectivity index (χ4v) is 3.07. The first kappa shape index (κ1) is 14.2. The Morgan fingerprint density at radius 3 is 2.37 bits per heavy atom. The molecule has 3 nitrogen and oxygen atoms in total. The summed E-state index contributed by atoms with van der Waals surface area (Å²) in [6.07, 6.45) is 4.08. The van der Waals surface area contributed by atoms with Crippen LogP contribution in [-0.2, 0) is 10.4 Å². The van der Waals surface area contributed by atoms with Crippen LogP contribution in [0.15, 0.2) is 30.3 Å². The van der Waals surface area contributed by atoms with E-state index in [-0.39, 0.29) is 18.2 Å². The highest BCUT2D eigenvalue weighted by atomic mass is 16.3. The maximum absolute atomic E-state index is 12.6. The van der Waals surface area contributed by atoms with Crippen LogP contribution in [0.25, 0.3) is 0 Å². The van der Waals surface area contributed by atoms with Gasteiger partial charge >= 0.3 is 0 Å². The van der Waals surface area contributed by atoms with Gasteiger partial charge in [0, 0.05) is 0 Å². The van der Waals surface area contributed by atoms with Crippen molar-refractivity contribution in [3.05, 3.63) is 35.9 Å². The summed E-state index contributed by atoms with van der Waals surface area (Å²) in [5.41, 5.74) is -0.573. The van der Waals surface area contributed by atoms with Gasteiger partial charge in [-0.25, -0.2) is 0 Å². The van der Waals surface area contributed by atoms with Gasteiger partial charge in [-0.2, -0.15) is 0 Å². The third-order valence-corrected chi connectivity index (χ3v) is 4.04. The van der Waals surface area contributed by atoms with Gasteiger partial charge in [0.1, 0.15) is 0 Å². The highest BCUT2D eigenvalue weighted by Crippen LogP contribution is 2.41. The van der Waals surface area contributed by atoms with Crippen molar-refractivity contribution in [2.24, 2.45) is 5.92 Å². The van der Waals surface area contributed by atoms with E-state index < -0.39 is 5.60 Å². The minimum Gasteiger partial charge on any atom is -0.377 e. The van der Waals surface area contributed by atoms with Crippen molar-refractivity contribution in [3.63, 3.8) is 0 Å². The lowest BCUT2D eigenvalue weighted by molar-refractivity contribution is -0.145. The molecule has 0 bridgehead atoms. The third-order valence-electron chi connectivity index (χ3n) is 4.04. The molecule has 1 saturated carbocycles. The van der Waals surface area contributed by atoms with E-state index in [0.29, 0.717) is 0 Å². The van der Waals surface area contributed by atoms with E-state index >= 15 is 0 Å². The standard InChI is InChI=1S/C16H23NO2/c1-17(2)12-15(18)16(19,14-10-6-7-11-14)13-8-4-3-5-9-13/h3-5,8-9,14,19H,6-7,10-12H2,1-2H3. The Morgan fingerprint density at radius 2 is 1.84 bits per heavy atom. The Kier molecular flexibility index (Phi) is 4.38. The van der Waals surface area contributed by atoms with Crippen LogP contribution in [0.2, 0.25) is 0 Å². The lowest BCUT2D eigenvalue weighted by atomic mass is 9.77. The van der Waals surface area contributed by atoms with Gasteiger partial charge in [0.25, 0.3) is 0 Å². The number of likely N-dealkylation sites (N-methyl/N-ethyl adjacent to an activating group) is 1. The molecule has 1 aliphatic rings. The molecule has 1 aromatic rings. The molecule has 19 heavy (non-hydrogen) atoms. The Balaban J connectivity index is 2.35. The molecule has 0 aliphatic heterocycles. The number of nitrogens with zero attached hydrogens (tertiary/aromatic N) is 1. The Labute approximate surface area is 115 Å². The summed E-state index contributed by atoms with van der Waals surface area (Å²) in [5, 5.41) is 11.1. The number of hydrogen-bond donors (Lipinski definition) is 1. The SMILES string of the molecule is CN(C)CC(=O)C(O)(c1ccccc1)C1CCCC1. The maximum Gasteiger partial charge on any atom is 0.183 e. The van der Waals surface area contributed by atoms with Crippen molar-refractivity contribution in [1.29, 1.82) is 0 Å². The summed E-state index contributed by atoms with van der Waals surface area (Å²) >= 11 is 0. The average molecular weight is 261 g/mol. The number of benzene rings is 1. The number of hydrogen-bond acceptors (Lipinski definition) is 3. The highest BCUT2D eigenvalue weighted by molar-refractivity contribution is 5.90. The minimum atomic E-state index is -1.32. The lowest BCUT2D eigenvalue weighted by Crippen LogP contribution is -2.46. The van der Waals surface area contributed by atoms with Gasteiger partial charge in [0.05, 0.1) is 6.54 Å². The molecule has 1 unspecified atom stereocenters. The van der Waals surface area contributed by atoms with Gasteiger partial charge < -0.3 is 10.0 Å². The summed E-state index contributed by atoms with van der Waals surface area (Å²) < 4.78 is 0. The topological polar surface area (TPSA) is 40.5 Å². The van der Waals surface area contributed by atoms with Gasteiger partial charge in [-0.15, -0.1) is 0 Å². The predicted molar refractivity (Wildman–Crippen MR) is 75.9 cm³/mol. The van der Waals surface area contributed by atoms with Crippen LogP contribution in [0.1, 0.15) is 31.2 Å². The molecule has 1 N–H and O–H groups in total. The molecule has 1 atom stereocenters. The number of rotatable bonds is 5. The van der Waals surface area contributed by atoms with Crippen LogP contribution in [0.3, 0.4) is 0 Å². The van der Waals surface area contributed by atoms with Crippen LogP contribution in [0.4, 0.5) is 0 Å². The molecule has 0 heterocycles. The van der Waals surface area contributed by atoms with Crippen molar-refractivity contribution >= 4 is 5.78 Å². The lowest BCUT2D eigenvalue weighted by Gasteiger charge is -2.34. The molecule has 0 radical (unpaired) electrons. The van der Waals surface area contributed by atoms with E-state index in [1.165, 1.54) is 0 Å². The zero-order valence-corrected chi connectivity index (χ0v) is 11.8. The molecule has 0 saturated heterocycles. The Bertz CT molecular complexity index is 424. The molecule has 0 amide bonds. The number of ketones is 1. The van der Waals surface area contributed by atoms with Crippen LogP contribution < -0.4 is 0 Å². The van der Waals surface area contributed by atoms with Gasteiger partial charge in [-0.3, -0.25) is 4.79 Å². The molecule has 1 aromatic carbocycles. The second-order valence-corrected chi connectivity index (χ2v) is 5.77. The van der Waals surface area contributed by atoms with Crippen molar-refractivity contribution in [2.75, 3.05) is 20.6 Å². The van der Waals surface area contributed by atoms with E-state index in [0.717, 1.165) is 31.2 Å². The number of Topliss-reactive ketones (excluding diaryl/α,β-unsaturated/α-hetero) is 1. The second-order valence-electron chi connectivity index (χ2n) is 5.77. The smallest absolute Gasteiger partial charge is 0.183 e. The predicted octanol–water partition coefficient (Wildman–Crippen LogP) is 2.20. The zero-order valence-electron chi connectivity index (χ0n) is 11.8. The largest absolute Gasteiger partial charge is 0.377 e. The summed E-state index contributed by atoms with van der Waals surface area (Å²) in [5.74, 6) is -0.0297. The molecule has 104 valence electrons. The minimum absolute atomic E-state index is 0.0577. The molecule has 2 rings (SSSR count). The van der Waals surface area contributed by atoms with E-state index in [1.807, 2.05) is 49.3 Å². The zero-order chi connectivity index (χ0) is 13.9. The fourth-order valence-electron chi connectivity index (χ4n) is 3.07. The molecule has 0 spiro atoms. The van der Waals surface area contributed by atoms with Gasteiger partial charge in [-0.1, -0.05) is 43.2 Å². The average Bonchev–Trinajstić information content (AvgIpc) is 2.92. The summed E-state index contributed by atoms with van der Waals surface area (Å²) in [6.45, 7) is 0.280. The van der Waals surface area contributed by atoms with Crippen LogP contribution in [0.5, 0.6) is 0 Å². The molecule has 0 aromatic heterocycles. The van der Waals surface area contributed by atoms with E-state index in [4.69, 9.17) is 0 Å². The van der Waals surface area contributed by atoms with Crippen LogP contribution >= 0.6 is 0 Å². The Morgan fingerprint density at radius 1 is 1.26 bits per heavy atom.